The molecule has 0 radical (unpaired) electrons. The van der Waals surface area contributed by atoms with Crippen molar-refractivity contribution in [3.8, 4) is 0 Å². The van der Waals surface area contributed by atoms with E-state index in [1.165, 1.54) is 38.8 Å². The molecule has 2 aliphatic carbocycles. The number of hydrogen-bond acceptors (Lipinski definition) is 5. The molecular formula is C18H28N4O2. The van der Waals surface area contributed by atoms with E-state index >= 15 is 0 Å². The molecule has 2 aliphatic heterocycles. The van der Waals surface area contributed by atoms with Gasteiger partial charge in [0.25, 0.3) is 5.91 Å². The molecule has 6 heteroatoms. The van der Waals surface area contributed by atoms with Gasteiger partial charge in [-0.2, -0.15) is 0 Å². The summed E-state index contributed by atoms with van der Waals surface area (Å²) in [7, 11) is 0. The van der Waals surface area contributed by atoms with Crippen molar-refractivity contribution in [3.63, 3.8) is 0 Å². The first-order valence-electron chi connectivity index (χ1n) is 9.09. The number of fused-ring (bicyclic) bond motifs is 1. The van der Waals surface area contributed by atoms with Gasteiger partial charge in [-0.05, 0) is 43.7 Å². The first-order chi connectivity index (χ1) is 11.7. The second-order valence-corrected chi connectivity index (χ2v) is 8.04. The largest absolute Gasteiger partial charge is 0.299 e. The number of aromatic nitrogens is 1. The van der Waals surface area contributed by atoms with Crippen LogP contribution in [-0.4, -0.2) is 57.6 Å². The monoisotopic (exact) mass is 332 g/mol. The molecule has 132 valence electrons. The number of amides is 1. The van der Waals surface area contributed by atoms with Gasteiger partial charge in [-0.3, -0.25) is 24.8 Å². The van der Waals surface area contributed by atoms with Crippen LogP contribution in [0.25, 0.3) is 0 Å². The van der Waals surface area contributed by atoms with Gasteiger partial charge in [-0.15, -0.1) is 0 Å². The van der Waals surface area contributed by atoms with Crippen molar-refractivity contribution in [2.45, 2.75) is 50.7 Å². The fourth-order valence-corrected chi connectivity index (χ4v) is 4.97. The molecular weight excluding hydrogens is 304 g/mol. The molecule has 2 saturated carbocycles. The van der Waals surface area contributed by atoms with Gasteiger partial charge in [0, 0.05) is 52.7 Å². The lowest BCUT2D eigenvalue weighted by molar-refractivity contribution is -0.139. The zero-order valence-electron chi connectivity index (χ0n) is 13.9. The minimum atomic E-state index is -0.486. The Balaban J connectivity index is 0.000000980. The van der Waals surface area contributed by atoms with Crippen LogP contribution in [0.1, 0.15) is 50.2 Å². The van der Waals surface area contributed by atoms with E-state index in [9.17, 15) is 4.79 Å². The normalized spacial score (nSPS) is 28.8. The van der Waals surface area contributed by atoms with E-state index in [0.29, 0.717) is 17.0 Å². The zero-order chi connectivity index (χ0) is 16.3. The molecule has 1 saturated heterocycles. The first-order valence-corrected chi connectivity index (χ1v) is 9.09. The predicted molar refractivity (Wildman–Crippen MR) is 91.9 cm³/mol. The second-order valence-electron chi connectivity index (χ2n) is 8.04. The average Bonchev–Trinajstić information content (AvgIpc) is 3.36. The standard InChI is InChI=1S/C18H24N4O2.2H2/c23-17(20-24)13-7-12-4-6-21(9-15(12)19-8-13)16-3-5-18(16)10-22(11-18)14-1-2-14;;/h7-8,14,16,24H,1-6,9-11H2,(H,20,23);2*1H. The van der Waals surface area contributed by atoms with Gasteiger partial charge in [0.05, 0.1) is 11.3 Å². The maximum atomic E-state index is 11.5. The van der Waals surface area contributed by atoms with Gasteiger partial charge in [-0.25, -0.2) is 5.48 Å². The quantitative estimate of drug-likeness (QED) is 0.651. The van der Waals surface area contributed by atoms with Crippen LogP contribution in [0.15, 0.2) is 12.3 Å². The summed E-state index contributed by atoms with van der Waals surface area (Å²) in [5.41, 5.74) is 4.91. The average molecular weight is 332 g/mol. The Morgan fingerprint density at radius 2 is 2.17 bits per heavy atom. The lowest BCUT2D eigenvalue weighted by atomic mass is 9.58. The second kappa shape index (κ2) is 5.25. The van der Waals surface area contributed by atoms with E-state index in [0.717, 1.165) is 36.8 Å². The topological polar surface area (TPSA) is 68.7 Å². The summed E-state index contributed by atoms with van der Waals surface area (Å²) in [6.45, 7) is 4.55. The Bertz CT molecular complexity index is 692. The van der Waals surface area contributed by atoms with E-state index in [2.05, 4.69) is 14.8 Å². The van der Waals surface area contributed by atoms with E-state index < -0.39 is 5.91 Å². The number of nitrogens with zero attached hydrogens (tertiary/aromatic N) is 3. The van der Waals surface area contributed by atoms with E-state index in [1.807, 2.05) is 6.07 Å². The Labute approximate surface area is 144 Å². The molecule has 1 aromatic heterocycles. The third-order valence-corrected chi connectivity index (χ3v) is 6.61. The molecule has 24 heavy (non-hydrogen) atoms. The van der Waals surface area contributed by atoms with Gasteiger partial charge >= 0.3 is 0 Å². The van der Waals surface area contributed by atoms with Crippen molar-refractivity contribution in [2.75, 3.05) is 19.6 Å². The van der Waals surface area contributed by atoms with E-state index in [-0.39, 0.29) is 2.85 Å². The maximum Gasteiger partial charge on any atom is 0.276 e. The van der Waals surface area contributed by atoms with Crippen LogP contribution in [0, 0.1) is 5.41 Å². The summed E-state index contributed by atoms with van der Waals surface area (Å²) in [6, 6.07) is 3.49. The lowest BCUT2D eigenvalue weighted by Crippen LogP contribution is -2.71. The Hall–Kier alpha value is -1.50. The molecule has 0 aromatic carbocycles. The van der Waals surface area contributed by atoms with Crippen LogP contribution in [0.2, 0.25) is 0 Å². The van der Waals surface area contributed by atoms with Crippen molar-refractivity contribution in [1.29, 1.82) is 0 Å². The summed E-state index contributed by atoms with van der Waals surface area (Å²) >= 11 is 0. The lowest BCUT2D eigenvalue weighted by Gasteiger charge is -2.64. The number of pyridine rings is 1. The molecule has 1 amide bonds. The maximum absolute atomic E-state index is 11.5. The molecule has 2 N–H and O–H groups in total. The van der Waals surface area contributed by atoms with Crippen LogP contribution in [0.3, 0.4) is 0 Å². The Morgan fingerprint density at radius 1 is 1.33 bits per heavy atom. The van der Waals surface area contributed by atoms with Crippen LogP contribution in [0.4, 0.5) is 0 Å². The third-order valence-electron chi connectivity index (χ3n) is 6.61. The summed E-state index contributed by atoms with van der Waals surface area (Å²) in [6.07, 6.45) is 8.03. The molecule has 4 aliphatic rings. The van der Waals surface area contributed by atoms with Gasteiger partial charge in [0.1, 0.15) is 0 Å². The van der Waals surface area contributed by atoms with Crippen LogP contribution in [0.5, 0.6) is 0 Å². The van der Waals surface area contributed by atoms with Crippen LogP contribution in [-0.2, 0) is 13.0 Å². The highest BCUT2D eigenvalue weighted by molar-refractivity contribution is 5.93. The van der Waals surface area contributed by atoms with Crippen LogP contribution >= 0.6 is 0 Å². The number of rotatable bonds is 3. The molecule has 1 aromatic rings. The number of carbonyl (C=O) groups is 1. The first kappa shape index (κ1) is 14.8. The number of nitrogens with one attached hydrogen (secondary N) is 1. The Morgan fingerprint density at radius 3 is 2.83 bits per heavy atom. The molecule has 1 atom stereocenters. The molecule has 3 heterocycles. The summed E-state index contributed by atoms with van der Waals surface area (Å²) in [4.78, 5) is 21.3. The highest BCUT2D eigenvalue weighted by atomic mass is 16.5. The minimum Gasteiger partial charge on any atom is -0.299 e. The molecule has 5 rings (SSSR count). The number of hydrogen-bond donors (Lipinski definition) is 2. The summed E-state index contributed by atoms with van der Waals surface area (Å²) < 4.78 is 0. The van der Waals surface area contributed by atoms with Crippen molar-refractivity contribution in [2.24, 2.45) is 5.41 Å². The van der Waals surface area contributed by atoms with E-state index in [4.69, 9.17) is 5.21 Å². The third kappa shape index (κ3) is 2.20. The molecule has 3 fully saturated rings. The van der Waals surface area contributed by atoms with Crippen molar-refractivity contribution in [3.05, 3.63) is 29.1 Å². The number of likely N-dealkylation sites (tertiary alicyclic amines) is 1. The van der Waals surface area contributed by atoms with Crippen molar-refractivity contribution >= 4 is 5.91 Å². The smallest absolute Gasteiger partial charge is 0.276 e. The summed E-state index contributed by atoms with van der Waals surface area (Å²) in [5.74, 6) is -0.486. The Kier molecular flexibility index (Phi) is 3.24. The molecule has 1 unspecified atom stereocenters. The van der Waals surface area contributed by atoms with Gasteiger partial charge in [0.15, 0.2) is 0 Å². The SMILES string of the molecule is O=C(NO)c1cnc2c(c1)CCN(C1CCC13CN(C1CC1)C3)C2.[HH].[HH]. The van der Waals surface area contributed by atoms with Gasteiger partial charge in [-0.1, -0.05) is 0 Å². The van der Waals surface area contributed by atoms with Gasteiger partial charge < -0.3 is 0 Å². The zero-order valence-corrected chi connectivity index (χ0v) is 13.9. The fourth-order valence-electron chi connectivity index (χ4n) is 4.97. The van der Waals surface area contributed by atoms with E-state index in [1.54, 1.807) is 11.7 Å². The number of hydroxylamine groups is 1. The fraction of sp³-hybridized carbons (Fsp3) is 0.667. The predicted octanol–water partition coefficient (Wildman–Crippen LogP) is 1.68. The van der Waals surface area contributed by atoms with Gasteiger partial charge in [0.2, 0.25) is 0 Å². The molecule has 6 nitrogen and oxygen atoms in total. The molecule has 0 bridgehead atoms. The van der Waals surface area contributed by atoms with Crippen molar-refractivity contribution in [1.82, 2.24) is 20.3 Å². The highest BCUT2D eigenvalue weighted by Gasteiger charge is 2.58. The highest BCUT2D eigenvalue weighted by Crippen LogP contribution is 2.53. The minimum absolute atomic E-state index is 0. The number of carbonyl (C=O) groups excluding carboxylic acids is 1. The molecule has 1 spiro atoms. The summed E-state index contributed by atoms with van der Waals surface area (Å²) in [5, 5.41) is 8.76. The van der Waals surface area contributed by atoms with Crippen molar-refractivity contribution < 1.29 is 12.9 Å². The van der Waals surface area contributed by atoms with Crippen LogP contribution < -0.4 is 5.48 Å².